The highest BCUT2D eigenvalue weighted by Crippen LogP contribution is 2.69. The van der Waals surface area contributed by atoms with E-state index in [1.54, 1.807) is 21.1 Å². The van der Waals surface area contributed by atoms with Crippen molar-refractivity contribution in [3.05, 3.63) is 85.0 Å². The number of terminal acetylenes is 1. The van der Waals surface area contributed by atoms with Crippen molar-refractivity contribution >= 4 is 17.3 Å². The molecule has 73 heavy (non-hydrogen) atoms. The molecule has 6 aliphatic rings. The molecular weight excluding hydrogens is 921 g/mol. The molecule has 2 aromatic carbocycles. The summed E-state index contributed by atoms with van der Waals surface area (Å²) in [5.74, 6) is 3.50. The van der Waals surface area contributed by atoms with E-state index in [-0.39, 0.29) is 61.3 Å². The molecule has 4 aliphatic carbocycles. The monoisotopic (exact) mass is 1010 g/mol. The van der Waals surface area contributed by atoms with Gasteiger partial charge in [0, 0.05) is 70.0 Å². The Morgan fingerprint density at radius 3 is 1.45 bits per heavy atom. The molecule has 0 N–H and O–H groups in total. The smallest absolute Gasteiger partial charge is 0.173 e. The van der Waals surface area contributed by atoms with Crippen molar-refractivity contribution in [3.8, 4) is 23.8 Å². The predicted octanol–water partition coefficient (Wildman–Crippen LogP) is 12.4. The third-order valence-electron chi connectivity index (χ3n) is 18.7. The van der Waals surface area contributed by atoms with Gasteiger partial charge >= 0.3 is 0 Å². The average Bonchev–Trinajstić information content (AvgIpc) is 4.19. The van der Waals surface area contributed by atoms with Crippen molar-refractivity contribution in [1.82, 2.24) is 0 Å². The molecule has 8 rings (SSSR count). The Morgan fingerprint density at radius 1 is 0.658 bits per heavy atom. The summed E-state index contributed by atoms with van der Waals surface area (Å²) in [4.78, 5) is 41.7. The zero-order chi connectivity index (χ0) is 51.5. The van der Waals surface area contributed by atoms with Crippen LogP contribution in [0.3, 0.4) is 0 Å². The lowest BCUT2D eigenvalue weighted by Gasteiger charge is -2.55. The van der Waals surface area contributed by atoms with E-state index in [0.717, 1.165) is 61.2 Å². The van der Waals surface area contributed by atoms with Crippen molar-refractivity contribution in [2.45, 2.75) is 152 Å². The number of Topliss-reactive ketones (excluding diaryl/α,β-unsaturated/α-hetero) is 3. The lowest BCUT2D eigenvalue weighted by atomic mass is 9.48. The van der Waals surface area contributed by atoms with Gasteiger partial charge in [-0.2, -0.15) is 0 Å². The van der Waals surface area contributed by atoms with Gasteiger partial charge in [0.15, 0.2) is 11.6 Å². The van der Waals surface area contributed by atoms with Crippen LogP contribution in [0.4, 0.5) is 0 Å². The summed E-state index contributed by atoms with van der Waals surface area (Å²) >= 11 is 0. The van der Waals surface area contributed by atoms with E-state index in [4.69, 9.17) is 44.3 Å². The summed E-state index contributed by atoms with van der Waals surface area (Å²) in [5, 5.41) is 0. The first-order valence-electron chi connectivity index (χ1n) is 26.0. The normalized spacial score (nSPS) is 31.9. The highest BCUT2D eigenvalue weighted by atomic mass is 16.7. The van der Waals surface area contributed by atoms with Crippen LogP contribution in [-0.2, 0) is 56.0 Å². The molecule has 2 unspecified atom stereocenters. The zero-order valence-electron chi connectivity index (χ0n) is 44.3. The van der Waals surface area contributed by atoms with Crippen LogP contribution in [0, 0.1) is 68.5 Å². The summed E-state index contributed by atoms with van der Waals surface area (Å²) in [6.07, 6.45) is 16.9. The molecule has 2 heterocycles. The number of carbonyl (C=O) groups excluding carboxylic acids is 3. The lowest BCUT2D eigenvalue weighted by Crippen LogP contribution is -2.60. The van der Waals surface area contributed by atoms with E-state index in [2.05, 4.69) is 46.8 Å². The van der Waals surface area contributed by atoms with E-state index >= 15 is 0 Å². The van der Waals surface area contributed by atoms with Gasteiger partial charge in [0.05, 0.1) is 67.1 Å². The van der Waals surface area contributed by atoms with Crippen LogP contribution >= 0.6 is 0 Å². The van der Waals surface area contributed by atoms with Crippen molar-refractivity contribution in [2.75, 3.05) is 53.9 Å². The number of rotatable bonds is 19. The zero-order valence-corrected chi connectivity index (χ0v) is 44.3. The number of hydrogen-bond acceptors (Lipinski definition) is 11. The topological polar surface area (TPSA) is 125 Å². The van der Waals surface area contributed by atoms with Gasteiger partial charge in [0.2, 0.25) is 0 Å². The number of carbonyl (C=O) groups is 3. The van der Waals surface area contributed by atoms with Gasteiger partial charge in [-0.1, -0.05) is 98.7 Å². The van der Waals surface area contributed by atoms with Gasteiger partial charge in [-0.3, -0.25) is 14.4 Å². The Morgan fingerprint density at radius 2 is 1.05 bits per heavy atom. The molecule has 0 aromatic heterocycles. The number of ketones is 3. The van der Waals surface area contributed by atoms with E-state index in [9.17, 15) is 14.4 Å². The Balaban J connectivity index is 0.000000264. The Bertz CT molecular complexity index is 2270. The molecule has 2 saturated heterocycles. The minimum atomic E-state index is -0.847. The second-order valence-corrected chi connectivity index (χ2v) is 22.9. The summed E-state index contributed by atoms with van der Waals surface area (Å²) < 4.78 is 47.6. The van der Waals surface area contributed by atoms with E-state index in [1.165, 1.54) is 0 Å². The molecule has 11 heteroatoms. The molecule has 4 saturated carbocycles. The number of benzene rings is 2. The highest BCUT2D eigenvalue weighted by molar-refractivity contribution is 5.90. The second-order valence-electron chi connectivity index (χ2n) is 22.9. The van der Waals surface area contributed by atoms with Crippen LogP contribution < -0.4 is 9.47 Å². The largest absolute Gasteiger partial charge is 0.497 e. The van der Waals surface area contributed by atoms with Gasteiger partial charge < -0.3 is 37.9 Å². The summed E-state index contributed by atoms with van der Waals surface area (Å²) in [7, 11) is 3.29. The van der Waals surface area contributed by atoms with Gasteiger partial charge in [0.25, 0.3) is 0 Å². The van der Waals surface area contributed by atoms with Crippen molar-refractivity contribution < 1.29 is 52.3 Å². The molecule has 0 amide bonds. The van der Waals surface area contributed by atoms with Crippen molar-refractivity contribution in [3.63, 3.8) is 0 Å². The van der Waals surface area contributed by atoms with Crippen LogP contribution in [0.5, 0.6) is 11.5 Å². The van der Waals surface area contributed by atoms with Gasteiger partial charge in [0.1, 0.15) is 28.8 Å². The van der Waals surface area contributed by atoms with Gasteiger partial charge in [-0.15, -0.1) is 19.6 Å². The number of fused-ring (bicyclic) bond motifs is 4. The van der Waals surface area contributed by atoms with Crippen LogP contribution in [-0.4, -0.2) is 82.8 Å². The molecular formula is C62H90O11. The van der Waals surface area contributed by atoms with Crippen molar-refractivity contribution in [2.24, 2.45) is 56.2 Å². The molecule has 11 nitrogen and oxygen atoms in total. The Kier molecular flexibility index (Phi) is 19.1. The van der Waals surface area contributed by atoms with E-state index in [0.29, 0.717) is 78.5 Å². The van der Waals surface area contributed by atoms with Gasteiger partial charge in [-0.05, 0) is 92.7 Å². The molecule has 0 bridgehead atoms. The summed E-state index contributed by atoms with van der Waals surface area (Å²) in [6.45, 7) is 26.2. The molecule has 404 valence electrons. The van der Waals surface area contributed by atoms with Crippen LogP contribution in [0.15, 0.2) is 73.8 Å². The minimum absolute atomic E-state index is 0. The fourth-order valence-electron chi connectivity index (χ4n) is 13.9. The Hall–Kier alpha value is -4.15. The minimum Gasteiger partial charge on any atom is -0.497 e. The van der Waals surface area contributed by atoms with E-state index in [1.807, 2.05) is 74.5 Å². The molecule has 10 atom stereocenters. The first kappa shape index (κ1) is 59.7. The van der Waals surface area contributed by atoms with Crippen LogP contribution in [0.2, 0.25) is 0 Å². The third-order valence-corrected chi connectivity index (χ3v) is 18.7. The first-order chi connectivity index (χ1) is 33.7. The Labute approximate surface area is 439 Å². The predicted molar refractivity (Wildman–Crippen MR) is 287 cm³/mol. The highest BCUT2D eigenvalue weighted by Gasteiger charge is 2.73. The second kappa shape index (κ2) is 23.4. The van der Waals surface area contributed by atoms with Crippen LogP contribution in [0.1, 0.15) is 139 Å². The number of methoxy groups -OCH3 is 2. The first-order valence-corrected chi connectivity index (χ1v) is 26.0. The maximum Gasteiger partial charge on any atom is 0.173 e. The quantitative estimate of drug-likeness (QED) is 0.0986. The maximum atomic E-state index is 14.3. The average molecular weight is 1010 g/mol. The standard InChI is InChI=1S/C30H42O6.C30H40O5.2CH4/c1-7-27(4,20-34-19-23-8-10-24(33-6)11-9-23)18-25(32)28(5)21(2)12-13-29(22(3)31)14-15-30(26(28)29)35-16-17-36-30;1-7-27(4,21-33-20-23-9-11-24(32-6)12-10-23)19-25(31)28(5)22(3)13-14-29(8-2)15-16-30(26(28)29)34-17-18-35-30;;/h7-11,21,26H,1,12-20H2,2-6H3;2,7,9-12,22,26H,1,13-21H2,3-6H3;2*1H4/t21-,26?,27+,28+,29+;22-,26?,27+,28+,29+;;/m11../s1. The molecule has 6 fully saturated rings. The fraction of sp³-hybridized carbons (Fsp3) is 0.661. The SMILES string of the molecule is C.C.C#C[C@@]12CC[C@@H](C)[C@@](C)(C(=O)C[C@](C)(C=C)COCc3ccc(OC)cc3)C1C1(CC2)OCCO1.C=C[C@](C)(COCc1ccc(OC)cc1)CC(=O)[C@@]1(C)C2C3(CC[C@]2(C(C)=O)CC[C@H]1C)OCCO3. The summed E-state index contributed by atoms with van der Waals surface area (Å²) in [6, 6.07) is 15.6. The van der Waals surface area contributed by atoms with E-state index < -0.39 is 38.6 Å². The summed E-state index contributed by atoms with van der Waals surface area (Å²) in [5.41, 5.74) is -1.27. The molecule has 2 aliphatic heterocycles. The lowest BCUT2D eigenvalue weighted by molar-refractivity contribution is -0.237. The fourth-order valence-corrected chi connectivity index (χ4v) is 13.9. The molecule has 2 aromatic rings. The van der Waals surface area contributed by atoms with Crippen LogP contribution in [0.25, 0.3) is 0 Å². The molecule has 2 spiro atoms. The maximum absolute atomic E-state index is 14.3. The van der Waals surface area contributed by atoms with Crippen molar-refractivity contribution in [1.29, 1.82) is 0 Å². The van der Waals surface area contributed by atoms with Gasteiger partial charge in [-0.25, -0.2) is 0 Å². The molecule has 0 radical (unpaired) electrons. The number of hydrogen-bond donors (Lipinski definition) is 0. The third kappa shape index (κ3) is 11.1. The number of ether oxygens (including phenoxy) is 8.